The van der Waals surface area contributed by atoms with Crippen LogP contribution in [0.4, 0.5) is 0 Å². The topological polar surface area (TPSA) is 9.23 Å². The van der Waals surface area contributed by atoms with E-state index in [0.717, 1.165) is 6.61 Å². The van der Waals surface area contributed by atoms with Crippen molar-refractivity contribution < 1.29 is 4.74 Å². The average Bonchev–Trinajstić information content (AvgIpc) is 2.53. The van der Waals surface area contributed by atoms with Gasteiger partial charge in [-0.15, -0.1) is 0 Å². The molecule has 0 aromatic rings. The second-order valence-corrected chi connectivity index (χ2v) is 22.2. The van der Waals surface area contributed by atoms with Crippen LogP contribution in [0.2, 0.25) is 13.3 Å². The average molecular weight is 445 g/mol. The van der Waals surface area contributed by atoms with Gasteiger partial charge in [-0.05, 0) is 0 Å². The molecular weight excluding hydrogens is 399 g/mol. The summed E-state index contributed by atoms with van der Waals surface area (Å²) in [6.45, 7) is 19.1. The predicted molar refractivity (Wildman–Crippen MR) is 114 cm³/mol. The molecule has 24 heavy (non-hydrogen) atoms. The fourth-order valence-corrected chi connectivity index (χ4v) is 19.5. The Bertz CT molecular complexity index is 295. The van der Waals surface area contributed by atoms with Crippen molar-refractivity contribution in [2.75, 3.05) is 6.61 Å². The second kappa shape index (κ2) is 13.7. The van der Waals surface area contributed by atoms with Crippen LogP contribution in [0.5, 0.6) is 0 Å². The molecule has 0 rings (SSSR count). The van der Waals surface area contributed by atoms with Crippen LogP contribution in [0.25, 0.3) is 0 Å². The Morgan fingerprint density at radius 2 is 1.25 bits per heavy atom. The van der Waals surface area contributed by atoms with Crippen molar-refractivity contribution in [1.29, 1.82) is 0 Å². The summed E-state index contributed by atoms with van der Waals surface area (Å²) in [5.41, 5.74) is 0.00335. The SMILES string of the molecule is C=[C](CCCCOC(C)(C)C)[Sn]([CH2]CCC)([CH2]CCC)[CH2]CCC. The molecule has 0 N–H and O–H groups in total. The van der Waals surface area contributed by atoms with Gasteiger partial charge in [-0.2, -0.15) is 0 Å². The number of ether oxygens (including phenoxy) is 1. The normalized spacial score (nSPS) is 12.6. The molecule has 0 atom stereocenters. The summed E-state index contributed by atoms with van der Waals surface area (Å²) in [5.74, 6) is 0. The molecule has 0 saturated heterocycles. The molecule has 0 heterocycles. The summed E-state index contributed by atoms with van der Waals surface area (Å²) in [4.78, 5) is 0. The van der Waals surface area contributed by atoms with Crippen LogP contribution in [0.3, 0.4) is 0 Å². The molecule has 1 nitrogen and oxygen atoms in total. The third kappa shape index (κ3) is 11.2. The van der Waals surface area contributed by atoms with E-state index in [1.807, 2.05) is 0 Å². The molecule has 0 amide bonds. The number of hydrogen-bond donors (Lipinski definition) is 0. The molecule has 0 aliphatic heterocycles. The van der Waals surface area contributed by atoms with Crippen LogP contribution >= 0.6 is 0 Å². The number of allylic oxidation sites excluding steroid dienone is 1. The molecule has 2 heteroatoms. The maximum absolute atomic E-state index is 5.88. The van der Waals surface area contributed by atoms with E-state index in [-0.39, 0.29) is 5.60 Å². The molecule has 0 aliphatic rings. The molecule has 0 bridgehead atoms. The van der Waals surface area contributed by atoms with Crippen LogP contribution in [-0.2, 0) is 4.74 Å². The van der Waals surface area contributed by atoms with E-state index >= 15 is 0 Å². The molecule has 0 spiro atoms. The van der Waals surface area contributed by atoms with E-state index in [4.69, 9.17) is 4.74 Å². The Morgan fingerprint density at radius 3 is 1.62 bits per heavy atom. The Labute approximate surface area is 157 Å². The van der Waals surface area contributed by atoms with E-state index in [1.165, 1.54) is 57.8 Å². The summed E-state index contributed by atoms with van der Waals surface area (Å²) in [5, 5.41) is 0. The van der Waals surface area contributed by atoms with Crippen molar-refractivity contribution in [2.24, 2.45) is 0 Å². The zero-order valence-electron chi connectivity index (χ0n) is 17.8. The van der Waals surface area contributed by atoms with Crippen LogP contribution in [0.15, 0.2) is 10.2 Å². The fraction of sp³-hybridized carbons (Fsp3) is 0.909. The van der Waals surface area contributed by atoms with E-state index in [9.17, 15) is 0 Å². The van der Waals surface area contributed by atoms with Gasteiger partial charge in [0.15, 0.2) is 0 Å². The van der Waals surface area contributed by atoms with E-state index < -0.39 is 18.4 Å². The first-order chi connectivity index (χ1) is 11.3. The van der Waals surface area contributed by atoms with E-state index in [0.29, 0.717) is 0 Å². The molecule has 0 saturated carbocycles. The quantitative estimate of drug-likeness (QED) is 0.184. The number of unbranched alkanes of at least 4 members (excludes halogenated alkanes) is 4. The minimum atomic E-state index is -2.17. The molecule has 0 aromatic heterocycles. The van der Waals surface area contributed by atoms with Gasteiger partial charge in [0.25, 0.3) is 0 Å². The maximum atomic E-state index is 5.88. The van der Waals surface area contributed by atoms with Gasteiger partial charge >= 0.3 is 158 Å². The Hall–Kier alpha value is 0.499. The fourth-order valence-electron chi connectivity index (χ4n) is 3.53. The van der Waals surface area contributed by atoms with Gasteiger partial charge in [0.2, 0.25) is 0 Å². The van der Waals surface area contributed by atoms with Crippen molar-refractivity contribution in [2.45, 2.75) is 118 Å². The molecule has 144 valence electrons. The van der Waals surface area contributed by atoms with Gasteiger partial charge in [-0.3, -0.25) is 0 Å². The molecule has 0 aliphatic carbocycles. The van der Waals surface area contributed by atoms with Crippen LogP contribution in [0, 0.1) is 0 Å². The van der Waals surface area contributed by atoms with E-state index in [1.54, 1.807) is 16.9 Å². The Morgan fingerprint density at radius 1 is 0.792 bits per heavy atom. The van der Waals surface area contributed by atoms with Gasteiger partial charge in [-0.1, -0.05) is 0 Å². The predicted octanol–water partition coefficient (Wildman–Crippen LogP) is 7.92. The van der Waals surface area contributed by atoms with Crippen molar-refractivity contribution >= 4 is 18.4 Å². The van der Waals surface area contributed by atoms with Gasteiger partial charge in [0, 0.05) is 0 Å². The van der Waals surface area contributed by atoms with Gasteiger partial charge in [0.05, 0.1) is 0 Å². The minimum absolute atomic E-state index is 0.00335. The standard InChI is InChI=1S/C10H19O.3C4H9.Sn/c1-5-6-7-8-9-11-10(2,3)4;3*1-3-4-2;/h1,6-9H2,2-4H3;3*1,3-4H2,2H3;. The summed E-state index contributed by atoms with van der Waals surface area (Å²) < 4.78 is 12.3. The summed E-state index contributed by atoms with van der Waals surface area (Å²) in [6.07, 6.45) is 12.1. The van der Waals surface area contributed by atoms with Crippen molar-refractivity contribution in [3.63, 3.8) is 0 Å². The monoisotopic (exact) mass is 446 g/mol. The number of hydrogen-bond acceptors (Lipinski definition) is 1. The summed E-state index contributed by atoms with van der Waals surface area (Å²) in [7, 11) is 0. The summed E-state index contributed by atoms with van der Waals surface area (Å²) in [6, 6.07) is 0. The third-order valence-electron chi connectivity index (χ3n) is 5.18. The van der Waals surface area contributed by atoms with Crippen molar-refractivity contribution in [1.82, 2.24) is 0 Å². The van der Waals surface area contributed by atoms with Crippen LogP contribution < -0.4 is 0 Å². The van der Waals surface area contributed by atoms with Crippen LogP contribution in [-0.4, -0.2) is 30.6 Å². The molecule has 0 unspecified atom stereocenters. The first kappa shape index (κ1) is 24.5. The molecular formula is C22H46OSn. The zero-order valence-corrected chi connectivity index (χ0v) is 20.7. The van der Waals surface area contributed by atoms with Crippen molar-refractivity contribution in [3.05, 3.63) is 10.2 Å². The van der Waals surface area contributed by atoms with Crippen molar-refractivity contribution in [3.8, 4) is 0 Å². The summed E-state index contributed by atoms with van der Waals surface area (Å²) >= 11 is -2.17. The Kier molecular flexibility index (Phi) is 14.0. The first-order valence-corrected chi connectivity index (χ1v) is 18.1. The van der Waals surface area contributed by atoms with Crippen LogP contribution in [0.1, 0.15) is 99.3 Å². The molecule has 0 aromatic carbocycles. The first-order valence-electron chi connectivity index (χ1n) is 10.6. The second-order valence-electron chi connectivity index (χ2n) is 8.61. The van der Waals surface area contributed by atoms with E-state index in [2.05, 4.69) is 48.1 Å². The molecule has 0 radical (unpaired) electrons. The van der Waals surface area contributed by atoms with Gasteiger partial charge < -0.3 is 0 Å². The zero-order chi connectivity index (χ0) is 18.5. The Balaban J connectivity index is 4.62. The third-order valence-corrected chi connectivity index (χ3v) is 21.4. The number of rotatable bonds is 15. The van der Waals surface area contributed by atoms with Gasteiger partial charge in [0.1, 0.15) is 0 Å². The molecule has 0 fully saturated rings. The van der Waals surface area contributed by atoms with Gasteiger partial charge in [-0.25, -0.2) is 0 Å².